The zero-order valence-corrected chi connectivity index (χ0v) is 12.7. The Hall–Kier alpha value is -2.42. The summed E-state index contributed by atoms with van der Waals surface area (Å²) < 4.78 is 1.92. The van der Waals surface area contributed by atoms with E-state index in [1.165, 1.54) is 17.7 Å². The van der Waals surface area contributed by atoms with Crippen LogP contribution < -0.4 is 4.90 Å². The van der Waals surface area contributed by atoms with Crippen molar-refractivity contribution in [2.75, 3.05) is 18.0 Å². The lowest BCUT2D eigenvalue weighted by Crippen LogP contribution is -2.24. The molecule has 1 fully saturated rings. The Morgan fingerprint density at radius 3 is 3.05 bits per heavy atom. The van der Waals surface area contributed by atoms with E-state index in [4.69, 9.17) is 10.2 Å². The standard InChI is InChI=1S/C16H18N6/c1-11-19-15-4-2-3-14(15)16(20-11)21-6-5-13(10-21)22-9-12(7-17)8-18-22/h8-9,13H,2-6,10H2,1H3. The van der Waals surface area contributed by atoms with E-state index >= 15 is 0 Å². The third kappa shape index (κ3) is 2.13. The first-order chi connectivity index (χ1) is 10.7. The molecule has 6 nitrogen and oxygen atoms in total. The lowest BCUT2D eigenvalue weighted by molar-refractivity contribution is 0.494. The zero-order chi connectivity index (χ0) is 15.1. The molecule has 1 unspecified atom stereocenters. The van der Waals surface area contributed by atoms with Gasteiger partial charge in [-0.15, -0.1) is 0 Å². The van der Waals surface area contributed by atoms with Crippen LogP contribution >= 0.6 is 0 Å². The van der Waals surface area contributed by atoms with Crippen molar-refractivity contribution < 1.29 is 0 Å². The van der Waals surface area contributed by atoms with Crippen molar-refractivity contribution in [3.8, 4) is 6.07 Å². The first-order valence-electron chi connectivity index (χ1n) is 7.80. The van der Waals surface area contributed by atoms with E-state index in [0.29, 0.717) is 11.6 Å². The molecule has 2 aromatic heterocycles. The Morgan fingerprint density at radius 1 is 1.32 bits per heavy atom. The van der Waals surface area contributed by atoms with Crippen LogP contribution in [-0.4, -0.2) is 32.8 Å². The molecule has 2 aromatic rings. The molecule has 0 spiro atoms. The summed E-state index contributed by atoms with van der Waals surface area (Å²) in [7, 11) is 0. The van der Waals surface area contributed by atoms with Gasteiger partial charge in [0.05, 0.1) is 17.8 Å². The summed E-state index contributed by atoms with van der Waals surface area (Å²) in [6, 6.07) is 2.45. The van der Waals surface area contributed by atoms with Crippen LogP contribution in [0.2, 0.25) is 0 Å². The van der Waals surface area contributed by atoms with Crippen LogP contribution in [0.25, 0.3) is 0 Å². The summed E-state index contributed by atoms with van der Waals surface area (Å²) in [5.74, 6) is 1.99. The predicted molar refractivity (Wildman–Crippen MR) is 81.6 cm³/mol. The number of nitriles is 1. The first kappa shape index (κ1) is 13.3. The van der Waals surface area contributed by atoms with Crippen molar-refractivity contribution in [2.45, 2.75) is 38.6 Å². The highest BCUT2D eigenvalue weighted by Gasteiger charge is 2.29. The average Bonchev–Trinajstić information content (AvgIpc) is 3.25. The lowest BCUT2D eigenvalue weighted by atomic mass is 10.2. The number of hydrogen-bond donors (Lipinski definition) is 0. The molecule has 0 aromatic carbocycles. The molecule has 22 heavy (non-hydrogen) atoms. The third-order valence-electron chi connectivity index (χ3n) is 4.59. The fourth-order valence-electron chi connectivity index (χ4n) is 3.54. The average molecular weight is 294 g/mol. The Kier molecular flexibility index (Phi) is 3.07. The van der Waals surface area contributed by atoms with Gasteiger partial charge in [0.1, 0.15) is 17.7 Å². The van der Waals surface area contributed by atoms with E-state index in [0.717, 1.165) is 44.0 Å². The highest BCUT2D eigenvalue weighted by atomic mass is 15.3. The number of anilines is 1. The van der Waals surface area contributed by atoms with Gasteiger partial charge < -0.3 is 4.90 Å². The monoisotopic (exact) mass is 294 g/mol. The van der Waals surface area contributed by atoms with Gasteiger partial charge in [-0.05, 0) is 32.6 Å². The molecule has 0 N–H and O–H groups in total. The molecule has 0 radical (unpaired) electrons. The van der Waals surface area contributed by atoms with Gasteiger partial charge in [-0.25, -0.2) is 9.97 Å². The van der Waals surface area contributed by atoms with E-state index in [-0.39, 0.29) is 0 Å². The van der Waals surface area contributed by atoms with Crippen LogP contribution in [0, 0.1) is 18.3 Å². The summed E-state index contributed by atoms with van der Waals surface area (Å²) >= 11 is 0. The second-order valence-electron chi connectivity index (χ2n) is 6.08. The number of aromatic nitrogens is 4. The van der Waals surface area contributed by atoms with Crippen LogP contribution in [0.1, 0.15) is 41.5 Å². The van der Waals surface area contributed by atoms with Gasteiger partial charge in [-0.1, -0.05) is 0 Å². The summed E-state index contributed by atoms with van der Waals surface area (Å²) in [5.41, 5.74) is 3.19. The van der Waals surface area contributed by atoms with Crippen LogP contribution in [-0.2, 0) is 12.8 Å². The van der Waals surface area contributed by atoms with Gasteiger partial charge in [-0.2, -0.15) is 10.4 Å². The van der Waals surface area contributed by atoms with Crippen molar-refractivity contribution in [1.29, 1.82) is 5.26 Å². The fraction of sp³-hybridized carbons (Fsp3) is 0.500. The maximum absolute atomic E-state index is 8.93. The Morgan fingerprint density at radius 2 is 2.23 bits per heavy atom. The van der Waals surface area contributed by atoms with Gasteiger partial charge in [-0.3, -0.25) is 4.68 Å². The van der Waals surface area contributed by atoms with E-state index in [9.17, 15) is 0 Å². The normalized spacial score (nSPS) is 20.2. The lowest BCUT2D eigenvalue weighted by Gasteiger charge is -2.21. The summed E-state index contributed by atoms with van der Waals surface area (Å²) in [4.78, 5) is 11.7. The molecule has 2 aliphatic rings. The van der Waals surface area contributed by atoms with Crippen LogP contribution in [0.3, 0.4) is 0 Å². The number of hydrogen-bond acceptors (Lipinski definition) is 5. The molecular weight excluding hydrogens is 276 g/mol. The number of rotatable bonds is 2. The molecule has 1 saturated heterocycles. The van der Waals surface area contributed by atoms with Crippen molar-refractivity contribution in [3.05, 3.63) is 35.0 Å². The van der Waals surface area contributed by atoms with Gasteiger partial charge in [0, 0.05) is 30.5 Å². The Bertz CT molecular complexity index is 756. The number of aryl methyl sites for hydroxylation is 2. The molecule has 1 aliphatic carbocycles. The molecular formula is C16H18N6. The van der Waals surface area contributed by atoms with Gasteiger partial charge in [0.25, 0.3) is 0 Å². The molecule has 1 atom stereocenters. The maximum Gasteiger partial charge on any atom is 0.135 e. The molecule has 112 valence electrons. The van der Waals surface area contributed by atoms with E-state index < -0.39 is 0 Å². The Balaban J connectivity index is 1.60. The van der Waals surface area contributed by atoms with Gasteiger partial charge in [0.2, 0.25) is 0 Å². The number of nitrogens with zero attached hydrogens (tertiary/aromatic N) is 6. The molecule has 0 saturated carbocycles. The maximum atomic E-state index is 8.93. The summed E-state index contributed by atoms with van der Waals surface area (Å²) in [6.07, 6.45) is 7.85. The van der Waals surface area contributed by atoms with Crippen LogP contribution in [0.5, 0.6) is 0 Å². The first-order valence-corrected chi connectivity index (χ1v) is 7.80. The summed E-state index contributed by atoms with van der Waals surface area (Å²) in [5, 5.41) is 13.3. The quantitative estimate of drug-likeness (QED) is 0.844. The molecule has 1 aliphatic heterocycles. The molecule has 6 heteroatoms. The third-order valence-corrected chi connectivity index (χ3v) is 4.59. The second kappa shape index (κ2) is 5.09. The molecule has 0 amide bonds. The molecule has 4 rings (SSSR count). The van der Waals surface area contributed by atoms with Crippen molar-refractivity contribution >= 4 is 5.82 Å². The SMILES string of the molecule is Cc1nc2c(c(N3CCC(n4cc(C#N)cn4)C3)n1)CCC2. The van der Waals surface area contributed by atoms with Crippen LogP contribution in [0.4, 0.5) is 5.82 Å². The minimum atomic E-state index is 0.314. The highest BCUT2D eigenvalue weighted by Crippen LogP contribution is 2.33. The van der Waals surface area contributed by atoms with Crippen molar-refractivity contribution in [3.63, 3.8) is 0 Å². The van der Waals surface area contributed by atoms with Crippen molar-refractivity contribution in [2.24, 2.45) is 0 Å². The largest absolute Gasteiger partial charge is 0.354 e. The summed E-state index contributed by atoms with van der Waals surface area (Å²) in [6.45, 7) is 3.85. The smallest absolute Gasteiger partial charge is 0.135 e. The highest BCUT2D eigenvalue weighted by molar-refractivity contribution is 5.52. The second-order valence-corrected chi connectivity index (χ2v) is 6.08. The van der Waals surface area contributed by atoms with E-state index in [1.807, 2.05) is 17.8 Å². The minimum Gasteiger partial charge on any atom is -0.354 e. The molecule has 3 heterocycles. The van der Waals surface area contributed by atoms with Gasteiger partial charge in [0.15, 0.2) is 0 Å². The van der Waals surface area contributed by atoms with E-state index in [2.05, 4.69) is 21.1 Å². The molecule has 0 bridgehead atoms. The fourth-order valence-corrected chi connectivity index (χ4v) is 3.54. The van der Waals surface area contributed by atoms with E-state index in [1.54, 1.807) is 6.20 Å². The number of fused-ring (bicyclic) bond motifs is 1. The predicted octanol–water partition coefficient (Wildman–Crippen LogP) is 1.79. The topological polar surface area (TPSA) is 70.6 Å². The van der Waals surface area contributed by atoms with Gasteiger partial charge >= 0.3 is 0 Å². The van der Waals surface area contributed by atoms with Crippen LogP contribution in [0.15, 0.2) is 12.4 Å². The van der Waals surface area contributed by atoms with Crippen molar-refractivity contribution in [1.82, 2.24) is 19.7 Å². The Labute approximate surface area is 129 Å². The minimum absolute atomic E-state index is 0.314. The zero-order valence-electron chi connectivity index (χ0n) is 12.7.